The van der Waals surface area contributed by atoms with E-state index in [9.17, 15) is 4.79 Å². The molecule has 0 spiro atoms. The van der Waals surface area contributed by atoms with Gasteiger partial charge >= 0.3 is 0 Å². The smallest absolute Gasteiger partial charge is 0.255 e. The number of hydrogen-bond acceptors (Lipinski definition) is 3. The van der Waals surface area contributed by atoms with Crippen LogP contribution in [0.15, 0.2) is 18.2 Å². The van der Waals surface area contributed by atoms with Crippen LogP contribution < -0.4 is 5.73 Å². The zero-order valence-electron chi connectivity index (χ0n) is 9.65. The standard InChI is InChI=1S/C12H15ClN2OS/c1-8-7-17-6-5-15(8)12(16)9-3-2-4-10(14)11(9)13/h2-4,8H,5-7,14H2,1H3. The molecule has 1 aliphatic rings. The Morgan fingerprint density at radius 1 is 1.59 bits per heavy atom. The van der Waals surface area contributed by atoms with Crippen LogP contribution in [-0.4, -0.2) is 34.9 Å². The maximum absolute atomic E-state index is 12.4. The fourth-order valence-electron chi connectivity index (χ4n) is 1.90. The number of carbonyl (C=O) groups is 1. The Labute approximate surface area is 110 Å². The lowest BCUT2D eigenvalue weighted by Crippen LogP contribution is -2.44. The van der Waals surface area contributed by atoms with Crippen LogP contribution >= 0.6 is 23.4 Å². The highest BCUT2D eigenvalue weighted by molar-refractivity contribution is 7.99. The number of benzene rings is 1. The number of amides is 1. The Morgan fingerprint density at radius 3 is 3.06 bits per heavy atom. The lowest BCUT2D eigenvalue weighted by molar-refractivity contribution is 0.0716. The van der Waals surface area contributed by atoms with Gasteiger partial charge in [-0.15, -0.1) is 0 Å². The minimum absolute atomic E-state index is 0.0184. The fraction of sp³-hybridized carbons (Fsp3) is 0.417. The van der Waals surface area contributed by atoms with E-state index in [0.717, 1.165) is 18.1 Å². The van der Waals surface area contributed by atoms with Crippen molar-refractivity contribution in [1.82, 2.24) is 4.90 Å². The van der Waals surface area contributed by atoms with Crippen LogP contribution in [0.2, 0.25) is 5.02 Å². The summed E-state index contributed by atoms with van der Waals surface area (Å²) in [7, 11) is 0. The van der Waals surface area contributed by atoms with Crippen molar-refractivity contribution < 1.29 is 4.79 Å². The van der Waals surface area contributed by atoms with E-state index < -0.39 is 0 Å². The van der Waals surface area contributed by atoms with Crippen molar-refractivity contribution in [2.45, 2.75) is 13.0 Å². The van der Waals surface area contributed by atoms with Crippen molar-refractivity contribution in [2.24, 2.45) is 0 Å². The summed E-state index contributed by atoms with van der Waals surface area (Å²) < 4.78 is 0. The molecule has 1 aromatic rings. The maximum atomic E-state index is 12.4. The summed E-state index contributed by atoms with van der Waals surface area (Å²) in [4.78, 5) is 14.2. The first kappa shape index (κ1) is 12.6. The molecule has 2 N–H and O–H groups in total. The zero-order valence-corrected chi connectivity index (χ0v) is 11.2. The molecule has 3 nitrogen and oxygen atoms in total. The predicted molar refractivity (Wildman–Crippen MR) is 73.7 cm³/mol. The molecular weight excluding hydrogens is 256 g/mol. The number of nitrogens with two attached hydrogens (primary N) is 1. The highest BCUT2D eigenvalue weighted by Crippen LogP contribution is 2.26. The molecule has 1 atom stereocenters. The zero-order chi connectivity index (χ0) is 12.4. The van der Waals surface area contributed by atoms with Crippen LogP contribution in [0, 0.1) is 0 Å². The lowest BCUT2D eigenvalue weighted by Gasteiger charge is -2.33. The molecule has 5 heteroatoms. The van der Waals surface area contributed by atoms with Gasteiger partial charge in [-0.3, -0.25) is 4.79 Å². The third kappa shape index (κ3) is 2.53. The minimum Gasteiger partial charge on any atom is -0.398 e. The SMILES string of the molecule is CC1CSCCN1C(=O)c1cccc(N)c1Cl. The number of rotatable bonds is 1. The number of nitrogens with zero attached hydrogens (tertiary/aromatic N) is 1. The largest absolute Gasteiger partial charge is 0.398 e. The second-order valence-corrected chi connectivity index (χ2v) is 5.66. The van der Waals surface area contributed by atoms with Crippen molar-refractivity contribution in [3.05, 3.63) is 28.8 Å². The molecule has 1 saturated heterocycles. The first-order valence-corrected chi connectivity index (χ1v) is 7.07. The predicted octanol–water partition coefficient (Wildman–Crippen LogP) is 2.50. The van der Waals surface area contributed by atoms with Gasteiger partial charge in [-0.25, -0.2) is 0 Å². The number of hydrogen-bond donors (Lipinski definition) is 1. The Bertz CT molecular complexity index is 439. The number of carbonyl (C=O) groups excluding carboxylic acids is 1. The molecule has 1 amide bonds. The van der Waals surface area contributed by atoms with E-state index in [4.69, 9.17) is 17.3 Å². The van der Waals surface area contributed by atoms with E-state index in [-0.39, 0.29) is 11.9 Å². The van der Waals surface area contributed by atoms with E-state index in [1.807, 2.05) is 16.7 Å². The summed E-state index contributed by atoms with van der Waals surface area (Å²) in [5, 5.41) is 0.364. The first-order chi connectivity index (χ1) is 8.11. The molecule has 0 radical (unpaired) electrons. The van der Waals surface area contributed by atoms with Crippen molar-refractivity contribution in [2.75, 3.05) is 23.8 Å². The molecule has 92 valence electrons. The normalized spacial score (nSPS) is 20.4. The van der Waals surface area contributed by atoms with Crippen LogP contribution in [-0.2, 0) is 0 Å². The Hall–Kier alpha value is -0.870. The summed E-state index contributed by atoms with van der Waals surface area (Å²) in [6, 6.07) is 5.45. The topological polar surface area (TPSA) is 46.3 Å². The van der Waals surface area contributed by atoms with Crippen LogP contribution in [0.1, 0.15) is 17.3 Å². The molecular formula is C12H15ClN2OS. The lowest BCUT2D eigenvalue weighted by atomic mass is 10.1. The van der Waals surface area contributed by atoms with Gasteiger partial charge in [-0.05, 0) is 19.1 Å². The average molecular weight is 271 g/mol. The molecule has 1 heterocycles. The highest BCUT2D eigenvalue weighted by atomic mass is 35.5. The molecule has 0 bridgehead atoms. The van der Waals surface area contributed by atoms with Gasteiger partial charge in [0.05, 0.1) is 16.3 Å². The molecule has 0 aromatic heterocycles. The average Bonchev–Trinajstić information content (AvgIpc) is 2.32. The van der Waals surface area contributed by atoms with Crippen molar-refractivity contribution >= 4 is 35.0 Å². The third-order valence-electron chi connectivity index (χ3n) is 2.89. The monoisotopic (exact) mass is 270 g/mol. The summed E-state index contributed by atoms with van der Waals surface area (Å²) in [6.07, 6.45) is 0. The van der Waals surface area contributed by atoms with Crippen molar-refractivity contribution in [1.29, 1.82) is 0 Å². The van der Waals surface area contributed by atoms with E-state index in [1.165, 1.54) is 0 Å². The second kappa shape index (κ2) is 5.19. The summed E-state index contributed by atoms with van der Waals surface area (Å²) >= 11 is 7.95. The van der Waals surface area contributed by atoms with E-state index >= 15 is 0 Å². The van der Waals surface area contributed by atoms with Gasteiger partial charge in [-0.1, -0.05) is 17.7 Å². The molecule has 0 saturated carbocycles. The minimum atomic E-state index is -0.0184. The number of nitrogen functional groups attached to an aromatic ring is 1. The van der Waals surface area contributed by atoms with E-state index in [1.54, 1.807) is 18.2 Å². The number of thioether (sulfide) groups is 1. The maximum Gasteiger partial charge on any atom is 0.255 e. The Balaban J connectivity index is 2.27. The summed E-state index contributed by atoms with van der Waals surface area (Å²) in [5.41, 5.74) is 6.68. The quantitative estimate of drug-likeness (QED) is 0.798. The number of anilines is 1. The molecule has 17 heavy (non-hydrogen) atoms. The van der Waals surface area contributed by atoms with Crippen LogP contribution in [0.5, 0.6) is 0 Å². The van der Waals surface area contributed by atoms with Gasteiger partial charge in [-0.2, -0.15) is 11.8 Å². The molecule has 0 aliphatic carbocycles. The molecule has 1 aromatic carbocycles. The first-order valence-electron chi connectivity index (χ1n) is 5.54. The summed E-state index contributed by atoms with van der Waals surface area (Å²) in [6.45, 7) is 2.83. The fourth-order valence-corrected chi connectivity index (χ4v) is 3.12. The molecule has 2 rings (SSSR count). The van der Waals surface area contributed by atoms with Gasteiger partial charge in [0.15, 0.2) is 0 Å². The van der Waals surface area contributed by atoms with Crippen molar-refractivity contribution in [3.63, 3.8) is 0 Å². The van der Waals surface area contributed by atoms with E-state index in [0.29, 0.717) is 16.3 Å². The third-order valence-corrected chi connectivity index (χ3v) is 4.50. The van der Waals surface area contributed by atoms with Crippen molar-refractivity contribution in [3.8, 4) is 0 Å². The van der Waals surface area contributed by atoms with Gasteiger partial charge < -0.3 is 10.6 Å². The van der Waals surface area contributed by atoms with Crippen LogP contribution in [0.4, 0.5) is 5.69 Å². The van der Waals surface area contributed by atoms with Gasteiger partial charge in [0.25, 0.3) is 5.91 Å². The Morgan fingerprint density at radius 2 is 2.35 bits per heavy atom. The van der Waals surface area contributed by atoms with Gasteiger partial charge in [0, 0.05) is 24.1 Å². The van der Waals surface area contributed by atoms with Gasteiger partial charge in [0.1, 0.15) is 0 Å². The molecule has 1 fully saturated rings. The van der Waals surface area contributed by atoms with E-state index in [2.05, 4.69) is 6.92 Å². The highest BCUT2D eigenvalue weighted by Gasteiger charge is 2.26. The van der Waals surface area contributed by atoms with Crippen LogP contribution in [0.3, 0.4) is 0 Å². The second-order valence-electron chi connectivity index (χ2n) is 4.13. The number of halogens is 1. The molecule has 1 unspecified atom stereocenters. The van der Waals surface area contributed by atoms with Gasteiger partial charge in [0.2, 0.25) is 0 Å². The Kier molecular flexibility index (Phi) is 3.84. The summed E-state index contributed by atoms with van der Waals surface area (Å²) in [5.74, 6) is 1.94. The van der Waals surface area contributed by atoms with Crippen LogP contribution in [0.25, 0.3) is 0 Å². The molecule has 1 aliphatic heterocycles.